The molecule has 0 aliphatic rings. The molecule has 128 valence electrons. The maximum atomic E-state index is 12.2. The van der Waals surface area contributed by atoms with E-state index in [1.165, 1.54) is 0 Å². The van der Waals surface area contributed by atoms with Crippen molar-refractivity contribution in [3.8, 4) is 5.75 Å². The molecule has 24 heavy (non-hydrogen) atoms. The van der Waals surface area contributed by atoms with Gasteiger partial charge in [0.05, 0.1) is 7.11 Å². The summed E-state index contributed by atoms with van der Waals surface area (Å²) in [6, 6.07) is 16.9. The first kappa shape index (κ1) is 17.8. The smallest absolute Gasteiger partial charge is 0.253 e. The van der Waals surface area contributed by atoms with Gasteiger partial charge in [0.15, 0.2) is 6.10 Å². The van der Waals surface area contributed by atoms with Crippen LogP contribution in [0.2, 0.25) is 0 Å². The summed E-state index contributed by atoms with van der Waals surface area (Å²) in [5, 5.41) is 13.0. The number of anilines is 1. The standard InChI is InChI=1S/C19H24N2O3/c1-14(21(2)16-9-5-4-6-10-16)13-20-19(23)18(22)15-8-7-11-17(12-15)24-3/h4-12,14,18,22H,13H2,1-3H3,(H,20,23). The molecule has 0 spiro atoms. The minimum Gasteiger partial charge on any atom is -0.497 e. The van der Waals surface area contributed by atoms with Crippen molar-refractivity contribution in [1.82, 2.24) is 5.32 Å². The summed E-state index contributed by atoms with van der Waals surface area (Å²) >= 11 is 0. The number of hydrogen-bond acceptors (Lipinski definition) is 4. The van der Waals surface area contributed by atoms with Crippen LogP contribution < -0.4 is 15.0 Å². The van der Waals surface area contributed by atoms with Gasteiger partial charge in [0.1, 0.15) is 5.75 Å². The number of amides is 1. The summed E-state index contributed by atoms with van der Waals surface area (Å²) in [4.78, 5) is 14.3. The number of para-hydroxylation sites is 1. The second-order valence-corrected chi connectivity index (χ2v) is 5.72. The lowest BCUT2D eigenvalue weighted by Gasteiger charge is -2.27. The molecule has 5 heteroatoms. The van der Waals surface area contributed by atoms with Crippen LogP contribution in [0.1, 0.15) is 18.6 Å². The number of rotatable bonds is 7. The summed E-state index contributed by atoms with van der Waals surface area (Å²) < 4.78 is 5.11. The van der Waals surface area contributed by atoms with E-state index in [2.05, 4.69) is 10.2 Å². The van der Waals surface area contributed by atoms with E-state index in [1.54, 1.807) is 31.4 Å². The van der Waals surface area contributed by atoms with Crippen LogP contribution in [-0.2, 0) is 4.79 Å². The molecule has 0 bridgehead atoms. The lowest BCUT2D eigenvalue weighted by atomic mass is 10.1. The summed E-state index contributed by atoms with van der Waals surface area (Å²) in [7, 11) is 3.53. The molecule has 5 nitrogen and oxygen atoms in total. The fourth-order valence-electron chi connectivity index (χ4n) is 2.36. The molecule has 0 aliphatic heterocycles. The molecule has 2 atom stereocenters. The van der Waals surface area contributed by atoms with E-state index in [-0.39, 0.29) is 6.04 Å². The maximum absolute atomic E-state index is 12.2. The van der Waals surface area contributed by atoms with E-state index in [9.17, 15) is 9.90 Å². The molecule has 2 N–H and O–H groups in total. The lowest BCUT2D eigenvalue weighted by molar-refractivity contribution is -0.129. The van der Waals surface area contributed by atoms with Crippen LogP contribution in [0.4, 0.5) is 5.69 Å². The number of likely N-dealkylation sites (N-methyl/N-ethyl adjacent to an activating group) is 1. The number of methoxy groups -OCH3 is 1. The van der Waals surface area contributed by atoms with Gasteiger partial charge in [-0.2, -0.15) is 0 Å². The van der Waals surface area contributed by atoms with Gasteiger partial charge < -0.3 is 20.1 Å². The van der Waals surface area contributed by atoms with E-state index in [0.717, 1.165) is 5.69 Å². The van der Waals surface area contributed by atoms with Gasteiger partial charge in [0, 0.05) is 25.3 Å². The zero-order valence-electron chi connectivity index (χ0n) is 14.3. The molecule has 0 aromatic heterocycles. The molecule has 0 fully saturated rings. The summed E-state index contributed by atoms with van der Waals surface area (Å²) in [6.07, 6.45) is -1.21. The van der Waals surface area contributed by atoms with Gasteiger partial charge in [-0.05, 0) is 36.8 Å². The molecular weight excluding hydrogens is 304 g/mol. The Morgan fingerprint density at radius 2 is 1.92 bits per heavy atom. The van der Waals surface area contributed by atoms with Crippen LogP contribution >= 0.6 is 0 Å². The Labute approximate surface area is 142 Å². The highest BCUT2D eigenvalue weighted by molar-refractivity contribution is 5.82. The minimum atomic E-state index is -1.21. The van der Waals surface area contributed by atoms with E-state index in [4.69, 9.17) is 4.74 Å². The van der Waals surface area contributed by atoms with Crippen molar-refractivity contribution in [3.63, 3.8) is 0 Å². The molecule has 2 unspecified atom stereocenters. The second-order valence-electron chi connectivity index (χ2n) is 5.72. The van der Waals surface area contributed by atoms with Gasteiger partial charge in [-0.3, -0.25) is 4.79 Å². The molecular formula is C19H24N2O3. The van der Waals surface area contributed by atoms with Crippen molar-refractivity contribution in [2.24, 2.45) is 0 Å². The minimum absolute atomic E-state index is 0.0915. The van der Waals surface area contributed by atoms with Crippen LogP contribution in [0.3, 0.4) is 0 Å². The molecule has 2 aromatic carbocycles. The number of aliphatic hydroxyl groups excluding tert-OH is 1. The Kier molecular flexibility index (Phi) is 6.21. The van der Waals surface area contributed by atoms with Gasteiger partial charge >= 0.3 is 0 Å². The van der Waals surface area contributed by atoms with Gasteiger partial charge in [-0.1, -0.05) is 30.3 Å². The van der Waals surface area contributed by atoms with Crippen molar-refractivity contribution in [1.29, 1.82) is 0 Å². The van der Waals surface area contributed by atoms with Crippen LogP contribution in [0.5, 0.6) is 5.75 Å². The zero-order chi connectivity index (χ0) is 17.5. The third kappa shape index (κ3) is 4.49. The lowest BCUT2D eigenvalue weighted by Crippen LogP contribution is -2.41. The third-order valence-corrected chi connectivity index (χ3v) is 4.05. The quantitative estimate of drug-likeness (QED) is 0.819. The normalized spacial score (nSPS) is 13.0. The molecule has 0 saturated heterocycles. The Morgan fingerprint density at radius 1 is 1.21 bits per heavy atom. The average molecular weight is 328 g/mol. The van der Waals surface area contributed by atoms with Crippen molar-refractivity contribution in [2.45, 2.75) is 19.1 Å². The Bertz CT molecular complexity index is 661. The molecule has 0 heterocycles. The topological polar surface area (TPSA) is 61.8 Å². The Balaban J connectivity index is 1.92. The van der Waals surface area contributed by atoms with Gasteiger partial charge in [0.2, 0.25) is 0 Å². The monoisotopic (exact) mass is 328 g/mol. The molecule has 1 amide bonds. The first-order chi connectivity index (χ1) is 11.5. The molecule has 0 radical (unpaired) electrons. The highest BCUT2D eigenvalue weighted by Gasteiger charge is 2.19. The fourth-order valence-corrected chi connectivity index (χ4v) is 2.36. The van der Waals surface area contributed by atoms with E-state index >= 15 is 0 Å². The predicted octanol–water partition coefficient (Wildman–Crippen LogP) is 2.37. The Morgan fingerprint density at radius 3 is 2.58 bits per heavy atom. The number of nitrogens with one attached hydrogen (secondary N) is 1. The second kappa shape index (κ2) is 8.36. The maximum Gasteiger partial charge on any atom is 0.253 e. The van der Waals surface area contributed by atoms with Crippen LogP contribution in [0.25, 0.3) is 0 Å². The first-order valence-electron chi connectivity index (χ1n) is 7.90. The van der Waals surface area contributed by atoms with Gasteiger partial charge in [0.25, 0.3) is 5.91 Å². The van der Waals surface area contributed by atoms with Gasteiger partial charge in [-0.25, -0.2) is 0 Å². The van der Waals surface area contributed by atoms with Crippen LogP contribution in [0, 0.1) is 0 Å². The third-order valence-electron chi connectivity index (χ3n) is 4.05. The van der Waals surface area contributed by atoms with E-state index < -0.39 is 12.0 Å². The van der Waals surface area contributed by atoms with E-state index in [1.807, 2.05) is 44.3 Å². The van der Waals surface area contributed by atoms with Crippen molar-refractivity contribution < 1.29 is 14.6 Å². The van der Waals surface area contributed by atoms with Crippen LogP contribution in [-0.4, -0.2) is 37.8 Å². The zero-order valence-corrected chi connectivity index (χ0v) is 14.3. The molecule has 2 aromatic rings. The predicted molar refractivity (Wildman–Crippen MR) is 95.3 cm³/mol. The number of carbonyl (C=O) groups is 1. The van der Waals surface area contributed by atoms with Gasteiger partial charge in [-0.15, -0.1) is 0 Å². The van der Waals surface area contributed by atoms with Crippen LogP contribution in [0.15, 0.2) is 54.6 Å². The molecule has 0 aliphatic carbocycles. The largest absolute Gasteiger partial charge is 0.497 e. The highest BCUT2D eigenvalue weighted by atomic mass is 16.5. The highest BCUT2D eigenvalue weighted by Crippen LogP contribution is 2.19. The average Bonchev–Trinajstić information content (AvgIpc) is 2.65. The summed E-state index contributed by atoms with van der Waals surface area (Å²) in [6.45, 7) is 2.45. The number of benzene rings is 2. The summed E-state index contributed by atoms with van der Waals surface area (Å²) in [5.41, 5.74) is 1.59. The number of nitrogens with zero attached hydrogens (tertiary/aromatic N) is 1. The van der Waals surface area contributed by atoms with Crippen molar-refractivity contribution in [3.05, 3.63) is 60.2 Å². The van der Waals surface area contributed by atoms with Crippen molar-refractivity contribution >= 4 is 11.6 Å². The number of carbonyl (C=O) groups excluding carboxylic acids is 1. The first-order valence-corrected chi connectivity index (χ1v) is 7.90. The number of hydrogen-bond donors (Lipinski definition) is 2. The molecule has 0 saturated carbocycles. The van der Waals surface area contributed by atoms with E-state index in [0.29, 0.717) is 17.9 Å². The molecule has 2 rings (SSSR count). The fraction of sp³-hybridized carbons (Fsp3) is 0.316. The number of ether oxygens (including phenoxy) is 1. The van der Waals surface area contributed by atoms with Crippen molar-refractivity contribution in [2.75, 3.05) is 25.6 Å². The Hall–Kier alpha value is -2.53. The number of aliphatic hydroxyl groups is 1. The summed E-state index contributed by atoms with van der Waals surface area (Å²) in [5.74, 6) is 0.188. The SMILES string of the molecule is COc1cccc(C(O)C(=O)NCC(C)N(C)c2ccccc2)c1.